The topological polar surface area (TPSA) is 48.4 Å². The van der Waals surface area contributed by atoms with Gasteiger partial charge >= 0.3 is 5.97 Å². The Labute approximate surface area is 110 Å². The molecule has 0 bridgehead atoms. The summed E-state index contributed by atoms with van der Waals surface area (Å²) in [5.74, 6) is -0.404. The number of hydrogen-bond acceptors (Lipinski definition) is 4. The summed E-state index contributed by atoms with van der Waals surface area (Å²) in [6.45, 7) is 0. The molecule has 1 rings (SSSR count). The van der Waals surface area contributed by atoms with Gasteiger partial charge in [0.2, 0.25) is 0 Å². The van der Waals surface area contributed by atoms with Crippen LogP contribution in [0.5, 0.6) is 5.75 Å². The zero-order chi connectivity index (χ0) is 13.0. The number of methoxy groups -OCH3 is 2. The SMILES string of the molecule is COC(=O)Cc1c(OC)cc(I)nc1C(F)F. The molecule has 0 aromatic carbocycles. The highest BCUT2D eigenvalue weighted by Crippen LogP contribution is 2.30. The lowest BCUT2D eigenvalue weighted by Gasteiger charge is -2.12. The zero-order valence-corrected chi connectivity index (χ0v) is 11.3. The first-order valence-electron chi connectivity index (χ1n) is 4.57. The smallest absolute Gasteiger partial charge is 0.310 e. The van der Waals surface area contributed by atoms with Gasteiger partial charge in [-0.2, -0.15) is 0 Å². The van der Waals surface area contributed by atoms with Gasteiger partial charge in [0.05, 0.1) is 20.6 Å². The summed E-state index contributed by atoms with van der Waals surface area (Å²) in [6.07, 6.45) is -3.05. The number of hydrogen-bond donors (Lipinski definition) is 0. The van der Waals surface area contributed by atoms with Crippen molar-refractivity contribution in [3.8, 4) is 5.75 Å². The van der Waals surface area contributed by atoms with E-state index >= 15 is 0 Å². The molecule has 0 aliphatic heterocycles. The Morgan fingerprint density at radius 2 is 2.18 bits per heavy atom. The van der Waals surface area contributed by atoms with Gasteiger partial charge in [-0.05, 0) is 22.6 Å². The second-order valence-corrected chi connectivity index (χ2v) is 4.17. The van der Waals surface area contributed by atoms with E-state index in [0.29, 0.717) is 3.70 Å². The van der Waals surface area contributed by atoms with Gasteiger partial charge in [-0.3, -0.25) is 4.79 Å². The molecule has 94 valence electrons. The van der Waals surface area contributed by atoms with Gasteiger partial charge in [-0.15, -0.1) is 0 Å². The molecule has 0 N–H and O–H groups in total. The third-order valence-electron chi connectivity index (χ3n) is 2.06. The number of carbonyl (C=O) groups excluding carboxylic acids is 1. The first-order chi connectivity index (χ1) is 7.99. The molecule has 1 heterocycles. The summed E-state index contributed by atoms with van der Waals surface area (Å²) in [5.41, 5.74) is -0.381. The summed E-state index contributed by atoms with van der Waals surface area (Å²) in [4.78, 5) is 14.9. The number of carbonyl (C=O) groups is 1. The number of esters is 1. The molecule has 4 nitrogen and oxygen atoms in total. The molecule has 0 amide bonds. The maximum Gasteiger partial charge on any atom is 0.310 e. The molecular formula is C10H10F2INO3. The number of halogens is 3. The zero-order valence-electron chi connectivity index (χ0n) is 9.17. The van der Waals surface area contributed by atoms with E-state index < -0.39 is 18.1 Å². The van der Waals surface area contributed by atoms with Gasteiger partial charge in [0.25, 0.3) is 6.43 Å². The average molecular weight is 357 g/mol. The number of nitrogens with zero attached hydrogens (tertiary/aromatic N) is 1. The third-order valence-corrected chi connectivity index (χ3v) is 2.61. The number of aromatic nitrogens is 1. The second-order valence-electron chi connectivity index (χ2n) is 3.06. The quantitative estimate of drug-likeness (QED) is 0.472. The Morgan fingerprint density at radius 1 is 1.53 bits per heavy atom. The molecule has 0 atom stereocenters. The molecule has 0 saturated carbocycles. The predicted molar refractivity (Wildman–Crippen MR) is 64.2 cm³/mol. The van der Waals surface area contributed by atoms with Crippen molar-refractivity contribution in [2.24, 2.45) is 0 Å². The van der Waals surface area contributed by atoms with E-state index in [-0.39, 0.29) is 17.7 Å². The molecule has 7 heteroatoms. The highest BCUT2D eigenvalue weighted by atomic mass is 127. The van der Waals surface area contributed by atoms with Crippen LogP contribution < -0.4 is 4.74 Å². The molecule has 0 saturated heterocycles. The summed E-state index contributed by atoms with van der Waals surface area (Å²) < 4.78 is 35.4. The molecule has 0 aliphatic rings. The highest BCUT2D eigenvalue weighted by Gasteiger charge is 2.22. The van der Waals surface area contributed by atoms with Gasteiger partial charge in [0.15, 0.2) is 0 Å². The monoisotopic (exact) mass is 357 g/mol. The van der Waals surface area contributed by atoms with E-state index in [4.69, 9.17) is 4.74 Å². The molecule has 17 heavy (non-hydrogen) atoms. The molecule has 0 unspecified atom stereocenters. The van der Waals surface area contributed by atoms with E-state index in [1.807, 2.05) is 0 Å². The standard InChI is InChI=1S/C10H10F2INO3/c1-16-6-4-7(13)14-9(10(11)12)5(6)3-8(15)17-2/h4,10H,3H2,1-2H3. The molecule has 0 fully saturated rings. The van der Waals surface area contributed by atoms with Crippen LogP contribution in [0.15, 0.2) is 6.07 Å². The molecular weight excluding hydrogens is 347 g/mol. The van der Waals surface area contributed by atoms with Crippen LogP contribution in [0.2, 0.25) is 0 Å². The minimum absolute atomic E-state index is 0.0646. The molecule has 0 radical (unpaired) electrons. The van der Waals surface area contributed by atoms with E-state index in [1.165, 1.54) is 20.3 Å². The third kappa shape index (κ3) is 3.48. The summed E-state index contributed by atoms with van der Waals surface area (Å²) in [6, 6.07) is 1.49. The normalized spacial score (nSPS) is 10.5. The van der Waals surface area contributed by atoms with E-state index in [0.717, 1.165) is 0 Å². The van der Waals surface area contributed by atoms with Crippen molar-refractivity contribution in [3.63, 3.8) is 0 Å². The maximum atomic E-state index is 12.8. The molecule has 0 aliphatic carbocycles. The van der Waals surface area contributed by atoms with Crippen molar-refractivity contribution in [1.82, 2.24) is 4.98 Å². The first kappa shape index (κ1) is 14.1. The Bertz CT molecular complexity index is 426. The largest absolute Gasteiger partial charge is 0.496 e. The van der Waals surface area contributed by atoms with Crippen molar-refractivity contribution in [3.05, 3.63) is 21.0 Å². The Kier molecular flexibility index (Phi) is 5.03. The Hall–Kier alpha value is -0.990. The van der Waals surface area contributed by atoms with E-state index in [2.05, 4.69) is 9.72 Å². The molecule has 0 spiro atoms. The first-order valence-corrected chi connectivity index (χ1v) is 5.65. The Balaban J connectivity index is 3.26. The fraction of sp³-hybridized carbons (Fsp3) is 0.400. The van der Waals surface area contributed by atoms with Crippen molar-refractivity contribution in [1.29, 1.82) is 0 Å². The number of ether oxygens (including phenoxy) is 2. The van der Waals surface area contributed by atoms with Crippen LogP contribution in [0.1, 0.15) is 17.7 Å². The van der Waals surface area contributed by atoms with Crippen LogP contribution in [0.25, 0.3) is 0 Å². The van der Waals surface area contributed by atoms with Gasteiger partial charge in [-0.1, -0.05) is 0 Å². The number of alkyl halides is 2. The van der Waals surface area contributed by atoms with Crippen LogP contribution in [-0.2, 0) is 16.0 Å². The Morgan fingerprint density at radius 3 is 2.65 bits per heavy atom. The second kappa shape index (κ2) is 6.08. The van der Waals surface area contributed by atoms with Crippen molar-refractivity contribution in [2.75, 3.05) is 14.2 Å². The highest BCUT2D eigenvalue weighted by molar-refractivity contribution is 14.1. The van der Waals surface area contributed by atoms with Crippen molar-refractivity contribution in [2.45, 2.75) is 12.8 Å². The summed E-state index contributed by atoms with van der Waals surface area (Å²) in [5, 5.41) is 0. The van der Waals surface area contributed by atoms with E-state index in [9.17, 15) is 13.6 Å². The molecule has 1 aromatic heterocycles. The van der Waals surface area contributed by atoms with Crippen LogP contribution in [0, 0.1) is 3.70 Å². The van der Waals surface area contributed by atoms with Gasteiger partial charge in [0.1, 0.15) is 15.1 Å². The maximum absolute atomic E-state index is 12.8. The van der Waals surface area contributed by atoms with Gasteiger partial charge in [0, 0.05) is 11.6 Å². The molecule has 1 aromatic rings. The number of pyridine rings is 1. The minimum Gasteiger partial charge on any atom is -0.496 e. The van der Waals surface area contributed by atoms with Crippen LogP contribution in [0.3, 0.4) is 0 Å². The van der Waals surface area contributed by atoms with Crippen LogP contribution in [-0.4, -0.2) is 25.2 Å². The lowest BCUT2D eigenvalue weighted by molar-refractivity contribution is -0.139. The van der Waals surface area contributed by atoms with Crippen molar-refractivity contribution < 1.29 is 23.0 Å². The van der Waals surface area contributed by atoms with Gasteiger partial charge in [-0.25, -0.2) is 13.8 Å². The van der Waals surface area contributed by atoms with Gasteiger partial charge < -0.3 is 9.47 Å². The number of rotatable bonds is 4. The van der Waals surface area contributed by atoms with E-state index in [1.54, 1.807) is 22.6 Å². The van der Waals surface area contributed by atoms with Crippen LogP contribution >= 0.6 is 22.6 Å². The predicted octanol–water partition coefficient (Wildman–Crippen LogP) is 2.35. The average Bonchev–Trinajstić information content (AvgIpc) is 2.30. The fourth-order valence-electron chi connectivity index (χ4n) is 1.29. The van der Waals surface area contributed by atoms with Crippen LogP contribution in [0.4, 0.5) is 8.78 Å². The van der Waals surface area contributed by atoms with Crippen molar-refractivity contribution >= 4 is 28.6 Å². The minimum atomic E-state index is -2.77. The lowest BCUT2D eigenvalue weighted by Crippen LogP contribution is -2.11. The summed E-state index contributed by atoms with van der Waals surface area (Å²) in [7, 11) is 2.54. The summed E-state index contributed by atoms with van der Waals surface area (Å²) >= 11 is 1.81. The fourth-order valence-corrected chi connectivity index (χ4v) is 1.84. The lowest BCUT2D eigenvalue weighted by atomic mass is 10.1.